The Kier molecular flexibility index (Phi) is 8.70. The molecular weight excluding hydrogens is 486 g/mol. The molecule has 36 heavy (non-hydrogen) atoms. The van der Waals surface area contributed by atoms with Crippen LogP contribution in [0.25, 0.3) is 0 Å². The lowest BCUT2D eigenvalue weighted by Crippen LogP contribution is -2.44. The van der Waals surface area contributed by atoms with Crippen LogP contribution in [0, 0.1) is 17.2 Å². The normalized spacial score (nSPS) is 16.9. The average molecular weight is 510 g/mol. The zero-order chi connectivity index (χ0) is 26.2. The van der Waals surface area contributed by atoms with Crippen molar-refractivity contribution in [1.29, 1.82) is 5.26 Å². The summed E-state index contributed by atoms with van der Waals surface area (Å²) in [6.45, 7) is 0. The number of hydrogen-bond acceptors (Lipinski definition) is 9. The standard InChI is InChI=1S/C25H23N3O7S/c1-33-17-10-8-16(9-11-17)27-19(29)13-36-23-18(12-26)20(21(22(30)28-23)25(32)35-3)14-4-6-15(7-5-14)24(31)34-2/h4-11,20-21H,13H2,1-3H3,(H,27,29)(H,28,30)/t20-,21-/m1/s1. The van der Waals surface area contributed by atoms with E-state index < -0.39 is 29.7 Å². The highest BCUT2D eigenvalue weighted by atomic mass is 32.2. The van der Waals surface area contributed by atoms with Crippen LogP contribution < -0.4 is 15.4 Å². The maximum Gasteiger partial charge on any atom is 0.337 e. The molecule has 0 aromatic heterocycles. The van der Waals surface area contributed by atoms with Crippen LogP contribution in [-0.4, -0.2) is 50.8 Å². The Hall–Kier alpha value is -4.30. The summed E-state index contributed by atoms with van der Waals surface area (Å²) in [6.07, 6.45) is 0. The van der Waals surface area contributed by atoms with Crippen molar-refractivity contribution in [3.05, 3.63) is 70.3 Å². The molecule has 0 spiro atoms. The summed E-state index contributed by atoms with van der Waals surface area (Å²) in [5.41, 5.74) is 1.37. The largest absolute Gasteiger partial charge is 0.497 e. The number of benzene rings is 2. The topological polar surface area (TPSA) is 144 Å². The minimum atomic E-state index is -1.33. The van der Waals surface area contributed by atoms with Gasteiger partial charge in [-0.2, -0.15) is 5.26 Å². The lowest BCUT2D eigenvalue weighted by molar-refractivity contribution is -0.150. The van der Waals surface area contributed by atoms with Crippen molar-refractivity contribution in [2.45, 2.75) is 5.92 Å². The highest BCUT2D eigenvalue weighted by molar-refractivity contribution is 8.03. The number of thioether (sulfide) groups is 1. The molecule has 186 valence electrons. The molecule has 2 N–H and O–H groups in total. The number of allylic oxidation sites excluding steroid dienone is 1. The first-order chi connectivity index (χ1) is 17.3. The Bertz CT molecular complexity index is 1230. The van der Waals surface area contributed by atoms with Gasteiger partial charge in [0.15, 0.2) is 0 Å². The Morgan fingerprint density at radius 2 is 1.69 bits per heavy atom. The summed E-state index contributed by atoms with van der Waals surface area (Å²) >= 11 is 0.962. The van der Waals surface area contributed by atoms with Gasteiger partial charge in [-0.05, 0) is 42.0 Å². The van der Waals surface area contributed by atoms with Gasteiger partial charge in [0.2, 0.25) is 11.8 Å². The maximum atomic E-state index is 12.9. The number of hydrogen-bond donors (Lipinski definition) is 2. The van der Waals surface area contributed by atoms with Crippen molar-refractivity contribution >= 4 is 41.2 Å². The Balaban J connectivity index is 1.88. The molecule has 2 aromatic carbocycles. The van der Waals surface area contributed by atoms with Crippen molar-refractivity contribution in [3.8, 4) is 11.8 Å². The second-order valence-corrected chi connectivity index (χ2v) is 8.49. The first kappa shape index (κ1) is 26.3. The predicted octanol–water partition coefficient (Wildman–Crippen LogP) is 2.59. The highest BCUT2D eigenvalue weighted by Crippen LogP contribution is 2.40. The summed E-state index contributed by atoms with van der Waals surface area (Å²) in [7, 11) is 3.94. The summed E-state index contributed by atoms with van der Waals surface area (Å²) in [5.74, 6) is -4.17. The molecular formula is C25H23N3O7S. The molecule has 0 aliphatic carbocycles. The zero-order valence-electron chi connectivity index (χ0n) is 19.7. The number of anilines is 1. The van der Waals surface area contributed by atoms with Gasteiger partial charge in [-0.1, -0.05) is 23.9 Å². The average Bonchev–Trinajstić information content (AvgIpc) is 2.91. The Labute approximate surface area is 211 Å². The summed E-state index contributed by atoms with van der Waals surface area (Å²) in [4.78, 5) is 49.7. The van der Waals surface area contributed by atoms with Crippen LogP contribution in [0.1, 0.15) is 21.8 Å². The van der Waals surface area contributed by atoms with Crippen molar-refractivity contribution < 1.29 is 33.4 Å². The van der Waals surface area contributed by atoms with Gasteiger partial charge in [0.05, 0.1) is 49.3 Å². The molecule has 2 atom stereocenters. The van der Waals surface area contributed by atoms with E-state index in [4.69, 9.17) is 14.2 Å². The summed E-state index contributed by atoms with van der Waals surface area (Å²) in [5, 5.41) is 15.4. The zero-order valence-corrected chi connectivity index (χ0v) is 20.5. The fourth-order valence-corrected chi connectivity index (χ4v) is 4.48. The first-order valence-corrected chi connectivity index (χ1v) is 11.6. The van der Waals surface area contributed by atoms with Gasteiger partial charge in [-0.3, -0.25) is 14.4 Å². The van der Waals surface area contributed by atoms with E-state index in [0.29, 0.717) is 17.0 Å². The molecule has 0 saturated carbocycles. The number of nitrogens with one attached hydrogen (secondary N) is 2. The Morgan fingerprint density at radius 1 is 1.03 bits per heavy atom. The van der Waals surface area contributed by atoms with Gasteiger partial charge in [-0.25, -0.2) is 4.79 Å². The van der Waals surface area contributed by atoms with Crippen LogP contribution >= 0.6 is 11.8 Å². The molecule has 0 bridgehead atoms. The molecule has 11 heteroatoms. The van der Waals surface area contributed by atoms with E-state index in [9.17, 15) is 24.4 Å². The van der Waals surface area contributed by atoms with Gasteiger partial charge < -0.3 is 24.8 Å². The predicted molar refractivity (Wildman–Crippen MR) is 131 cm³/mol. The number of methoxy groups -OCH3 is 3. The smallest absolute Gasteiger partial charge is 0.337 e. The quantitative estimate of drug-likeness (QED) is 0.405. The van der Waals surface area contributed by atoms with Gasteiger partial charge in [-0.15, -0.1) is 0 Å². The first-order valence-electron chi connectivity index (χ1n) is 10.6. The number of nitrogens with zero attached hydrogens (tertiary/aromatic N) is 1. The fourth-order valence-electron chi connectivity index (χ4n) is 3.63. The Morgan fingerprint density at radius 3 is 2.25 bits per heavy atom. The SMILES string of the molecule is COC(=O)c1ccc([C@@H]2C(C#N)=C(SCC(=O)Nc3ccc(OC)cc3)NC(=O)[C@@H]2C(=O)OC)cc1. The van der Waals surface area contributed by atoms with Gasteiger partial charge in [0.1, 0.15) is 11.7 Å². The lowest BCUT2D eigenvalue weighted by atomic mass is 9.78. The van der Waals surface area contributed by atoms with Crippen molar-refractivity contribution in [2.75, 3.05) is 32.4 Å². The van der Waals surface area contributed by atoms with E-state index in [1.807, 2.05) is 0 Å². The third-order valence-electron chi connectivity index (χ3n) is 5.40. The minimum Gasteiger partial charge on any atom is -0.497 e. The number of carbonyl (C=O) groups is 4. The van der Waals surface area contributed by atoms with Crippen LogP contribution in [0.3, 0.4) is 0 Å². The van der Waals surface area contributed by atoms with Gasteiger partial charge in [0, 0.05) is 11.6 Å². The molecule has 1 aliphatic rings. The molecule has 3 rings (SSSR count). The monoisotopic (exact) mass is 509 g/mol. The van der Waals surface area contributed by atoms with Crippen LogP contribution in [-0.2, 0) is 23.9 Å². The third-order valence-corrected chi connectivity index (χ3v) is 6.41. The van der Waals surface area contributed by atoms with Gasteiger partial charge in [0.25, 0.3) is 0 Å². The highest BCUT2D eigenvalue weighted by Gasteiger charge is 2.44. The number of ether oxygens (including phenoxy) is 3. The molecule has 0 unspecified atom stereocenters. The van der Waals surface area contributed by atoms with Crippen LogP contribution in [0.4, 0.5) is 5.69 Å². The molecule has 2 aromatic rings. The van der Waals surface area contributed by atoms with E-state index in [-0.39, 0.29) is 27.8 Å². The van der Waals surface area contributed by atoms with Crippen molar-refractivity contribution in [2.24, 2.45) is 5.92 Å². The molecule has 0 fully saturated rings. The molecule has 0 saturated heterocycles. The van der Waals surface area contributed by atoms with E-state index >= 15 is 0 Å². The number of carbonyl (C=O) groups excluding carboxylic acids is 4. The van der Waals surface area contributed by atoms with Crippen LogP contribution in [0.5, 0.6) is 5.75 Å². The molecule has 10 nitrogen and oxygen atoms in total. The second kappa shape index (κ2) is 11.9. The fraction of sp³-hybridized carbons (Fsp3) is 0.240. The number of nitriles is 1. The van der Waals surface area contributed by atoms with Crippen molar-refractivity contribution in [3.63, 3.8) is 0 Å². The van der Waals surface area contributed by atoms with E-state index in [1.54, 1.807) is 36.4 Å². The summed E-state index contributed by atoms with van der Waals surface area (Å²) in [6, 6.07) is 14.9. The molecule has 1 heterocycles. The van der Waals surface area contributed by atoms with Crippen LogP contribution in [0.2, 0.25) is 0 Å². The van der Waals surface area contributed by atoms with E-state index in [1.165, 1.54) is 26.4 Å². The summed E-state index contributed by atoms with van der Waals surface area (Å²) < 4.78 is 14.6. The maximum absolute atomic E-state index is 12.9. The second-order valence-electron chi connectivity index (χ2n) is 7.50. The minimum absolute atomic E-state index is 0.0954. The number of esters is 2. The number of rotatable bonds is 8. The lowest BCUT2D eigenvalue weighted by Gasteiger charge is -2.31. The van der Waals surface area contributed by atoms with E-state index in [2.05, 4.69) is 16.7 Å². The molecule has 2 amide bonds. The third kappa shape index (κ3) is 5.84. The van der Waals surface area contributed by atoms with Crippen molar-refractivity contribution in [1.82, 2.24) is 5.32 Å². The molecule has 0 radical (unpaired) electrons. The number of amides is 2. The van der Waals surface area contributed by atoms with Crippen LogP contribution in [0.15, 0.2) is 59.1 Å². The molecule has 1 aliphatic heterocycles. The van der Waals surface area contributed by atoms with Gasteiger partial charge >= 0.3 is 11.9 Å². The van der Waals surface area contributed by atoms with E-state index in [0.717, 1.165) is 18.9 Å².